The molecule has 0 saturated heterocycles. The van der Waals surface area contributed by atoms with Gasteiger partial charge in [-0.05, 0) is 36.2 Å². The van der Waals surface area contributed by atoms with E-state index < -0.39 is 0 Å². The standard InChI is InChI=1S/C18H22N2O/c1-14(15-7-9-17(21-2)10-8-15)20-12-11-19-13-16-5-3-4-6-18(16)20/h3-10,14,19H,11-13H2,1-2H3. The zero-order chi connectivity index (χ0) is 14.7. The van der Waals surface area contributed by atoms with E-state index in [2.05, 4.69) is 53.5 Å². The molecule has 1 aliphatic heterocycles. The molecule has 1 N–H and O–H groups in total. The summed E-state index contributed by atoms with van der Waals surface area (Å²) in [6.45, 7) is 5.24. The molecule has 0 fully saturated rings. The van der Waals surface area contributed by atoms with Crippen molar-refractivity contribution in [3.63, 3.8) is 0 Å². The van der Waals surface area contributed by atoms with Gasteiger partial charge in [0.05, 0.1) is 13.2 Å². The van der Waals surface area contributed by atoms with Gasteiger partial charge in [-0.3, -0.25) is 0 Å². The van der Waals surface area contributed by atoms with Crippen molar-refractivity contribution in [2.45, 2.75) is 19.5 Å². The molecular weight excluding hydrogens is 260 g/mol. The summed E-state index contributed by atoms with van der Waals surface area (Å²) in [5.41, 5.74) is 4.02. The molecule has 3 nitrogen and oxygen atoms in total. The van der Waals surface area contributed by atoms with Crippen LogP contribution in [0.4, 0.5) is 5.69 Å². The van der Waals surface area contributed by atoms with Gasteiger partial charge < -0.3 is 15.0 Å². The van der Waals surface area contributed by atoms with Crippen molar-refractivity contribution in [3.05, 3.63) is 59.7 Å². The summed E-state index contributed by atoms with van der Waals surface area (Å²) < 4.78 is 5.25. The monoisotopic (exact) mass is 282 g/mol. The summed E-state index contributed by atoms with van der Waals surface area (Å²) in [6.07, 6.45) is 0. The quantitative estimate of drug-likeness (QED) is 0.934. The van der Waals surface area contributed by atoms with E-state index in [1.54, 1.807) is 7.11 Å². The van der Waals surface area contributed by atoms with Crippen molar-refractivity contribution in [1.82, 2.24) is 5.32 Å². The topological polar surface area (TPSA) is 24.5 Å². The molecule has 1 atom stereocenters. The minimum atomic E-state index is 0.344. The Morgan fingerprint density at radius 2 is 1.86 bits per heavy atom. The highest BCUT2D eigenvalue weighted by Gasteiger charge is 2.20. The molecule has 1 heterocycles. The molecule has 0 radical (unpaired) electrons. The number of ether oxygens (including phenoxy) is 1. The lowest BCUT2D eigenvalue weighted by atomic mass is 10.0. The lowest BCUT2D eigenvalue weighted by Gasteiger charge is -2.31. The van der Waals surface area contributed by atoms with Gasteiger partial charge in [-0.15, -0.1) is 0 Å². The summed E-state index contributed by atoms with van der Waals surface area (Å²) in [6, 6.07) is 17.4. The molecule has 0 aliphatic carbocycles. The zero-order valence-corrected chi connectivity index (χ0v) is 12.7. The number of benzene rings is 2. The number of para-hydroxylation sites is 1. The summed E-state index contributed by atoms with van der Waals surface area (Å²) in [5.74, 6) is 0.906. The third-order valence-corrected chi connectivity index (χ3v) is 4.21. The SMILES string of the molecule is COc1ccc(C(C)N2CCNCc3ccccc32)cc1. The minimum absolute atomic E-state index is 0.344. The van der Waals surface area contributed by atoms with Gasteiger partial charge in [0.15, 0.2) is 0 Å². The molecule has 2 aromatic carbocycles. The van der Waals surface area contributed by atoms with Crippen molar-refractivity contribution < 1.29 is 4.74 Å². The first-order valence-electron chi connectivity index (χ1n) is 7.49. The number of nitrogens with zero attached hydrogens (tertiary/aromatic N) is 1. The maximum absolute atomic E-state index is 5.25. The lowest BCUT2D eigenvalue weighted by molar-refractivity contribution is 0.414. The maximum Gasteiger partial charge on any atom is 0.118 e. The molecule has 1 unspecified atom stereocenters. The highest BCUT2D eigenvalue weighted by molar-refractivity contribution is 5.56. The fourth-order valence-corrected chi connectivity index (χ4v) is 2.95. The molecular formula is C18H22N2O. The van der Waals surface area contributed by atoms with Crippen molar-refractivity contribution in [3.8, 4) is 5.75 Å². The summed E-state index contributed by atoms with van der Waals surface area (Å²) in [5, 5.41) is 3.50. The van der Waals surface area contributed by atoms with Crippen LogP contribution in [0, 0.1) is 0 Å². The number of methoxy groups -OCH3 is 1. The fraction of sp³-hybridized carbons (Fsp3) is 0.333. The molecule has 3 heteroatoms. The second-order valence-electron chi connectivity index (χ2n) is 5.45. The Balaban J connectivity index is 1.91. The summed E-state index contributed by atoms with van der Waals surface area (Å²) in [7, 11) is 1.70. The molecule has 3 rings (SSSR count). The van der Waals surface area contributed by atoms with Crippen molar-refractivity contribution >= 4 is 5.69 Å². The normalized spacial score (nSPS) is 16.0. The van der Waals surface area contributed by atoms with E-state index in [-0.39, 0.29) is 0 Å². The van der Waals surface area contributed by atoms with Gasteiger partial charge in [0.1, 0.15) is 5.75 Å². The van der Waals surface area contributed by atoms with Gasteiger partial charge >= 0.3 is 0 Å². The van der Waals surface area contributed by atoms with Crippen molar-refractivity contribution in [2.24, 2.45) is 0 Å². The van der Waals surface area contributed by atoms with Crippen LogP contribution in [0.5, 0.6) is 5.75 Å². The maximum atomic E-state index is 5.25. The predicted molar refractivity (Wildman–Crippen MR) is 86.9 cm³/mol. The average Bonchev–Trinajstić information content (AvgIpc) is 2.77. The van der Waals surface area contributed by atoms with Crippen LogP contribution in [0.3, 0.4) is 0 Å². The van der Waals surface area contributed by atoms with Crippen LogP contribution in [-0.2, 0) is 6.54 Å². The molecule has 0 bridgehead atoms. The van der Waals surface area contributed by atoms with E-state index in [0.29, 0.717) is 6.04 Å². The molecule has 0 saturated carbocycles. The van der Waals surface area contributed by atoms with Crippen LogP contribution in [0.15, 0.2) is 48.5 Å². The zero-order valence-electron chi connectivity index (χ0n) is 12.7. The molecule has 0 amide bonds. The van der Waals surface area contributed by atoms with Gasteiger partial charge in [0.2, 0.25) is 0 Å². The van der Waals surface area contributed by atoms with E-state index in [1.807, 2.05) is 12.1 Å². The van der Waals surface area contributed by atoms with Gasteiger partial charge in [0, 0.05) is 25.3 Å². The molecule has 0 spiro atoms. The average molecular weight is 282 g/mol. The first-order chi connectivity index (χ1) is 10.3. The number of anilines is 1. The Hall–Kier alpha value is -2.00. The first-order valence-corrected chi connectivity index (χ1v) is 7.49. The Labute approximate surface area is 126 Å². The number of hydrogen-bond donors (Lipinski definition) is 1. The molecule has 21 heavy (non-hydrogen) atoms. The number of rotatable bonds is 3. The Morgan fingerprint density at radius 1 is 1.10 bits per heavy atom. The first kappa shape index (κ1) is 14.0. The molecule has 1 aliphatic rings. The number of hydrogen-bond acceptors (Lipinski definition) is 3. The van der Waals surface area contributed by atoms with Gasteiger partial charge in [-0.25, -0.2) is 0 Å². The lowest BCUT2D eigenvalue weighted by Crippen LogP contribution is -2.31. The van der Waals surface area contributed by atoms with Gasteiger partial charge in [-0.1, -0.05) is 30.3 Å². The predicted octanol–water partition coefficient (Wildman–Crippen LogP) is 3.37. The summed E-state index contributed by atoms with van der Waals surface area (Å²) in [4.78, 5) is 2.48. The van der Waals surface area contributed by atoms with E-state index in [9.17, 15) is 0 Å². The van der Waals surface area contributed by atoms with Crippen molar-refractivity contribution in [2.75, 3.05) is 25.1 Å². The summed E-state index contributed by atoms with van der Waals surface area (Å²) >= 11 is 0. The van der Waals surface area contributed by atoms with Crippen LogP contribution < -0.4 is 15.0 Å². The number of fused-ring (bicyclic) bond motifs is 1. The third-order valence-electron chi connectivity index (χ3n) is 4.21. The van der Waals surface area contributed by atoms with Crippen LogP contribution in [0.2, 0.25) is 0 Å². The van der Waals surface area contributed by atoms with Gasteiger partial charge in [0.25, 0.3) is 0 Å². The fourth-order valence-electron chi connectivity index (χ4n) is 2.95. The second kappa shape index (κ2) is 6.19. The smallest absolute Gasteiger partial charge is 0.118 e. The van der Waals surface area contributed by atoms with Crippen molar-refractivity contribution in [1.29, 1.82) is 0 Å². The van der Waals surface area contributed by atoms with E-state index in [4.69, 9.17) is 4.74 Å². The largest absolute Gasteiger partial charge is 0.497 e. The molecule has 110 valence electrons. The van der Waals surface area contributed by atoms with E-state index in [1.165, 1.54) is 16.8 Å². The van der Waals surface area contributed by atoms with E-state index >= 15 is 0 Å². The third kappa shape index (κ3) is 2.88. The van der Waals surface area contributed by atoms with Crippen LogP contribution in [0.25, 0.3) is 0 Å². The van der Waals surface area contributed by atoms with Crippen LogP contribution in [0.1, 0.15) is 24.1 Å². The van der Waals surface area contributed by atoms with Crippen LogP contribution in [-0.4, -0.2) is 20.2 Å². The Kier molecular flexibility index (Phi) is 4.11. The van der Waals surface area contributed by atoms with Crippen LogP contribution >= 0.6 is 0 Å². The molecule has 2 aromatic rings. The Bertz CT molecular complexity index is 594. The minimum Gasteiger partial charge on any atom is -0.497 e. The van der Waals surface area contributed by atoms with E-state index in [0.717, 1.165) is 25.4 Å². The second-order valence-corrected chi connectivity index (χ2v) is 5.45. The number of nitrogens with one attached hydrogen (secondary N) is 1. The molecule has 0 aromatic heterocycles. The van der Waals surface area contributed by atoms with Gasteiger partial charge in [-0.2, -0.15) is 0 Å². The highest BCUT2D eigenvalue weighted by Crippen LogP contribution is 2.31. The Morgan fingerprint density at radius 3 is 2.62 bits per heavy atom. The highest BCUT2D eigenvalue weighted by atomic mass is 16.5.